The van der Waals surface area contributed by atoms with E-state index in [0.717, 1.165) is 22.0 Å². The van der Waals surface area contributed by atoms with Crippen LogP contribution in [0.1, 0.15) is 21.6 Å². The maximum absolute atomic E-state index is 12.9. The van der Waals surface area contributed by atoms with Gasteiger partial charge in [0.2, 0.25) is 0 Å². The second-order valence-corrected chi connectivity index (χ2v) is 7.25. The highest BCUT2D eigenvalue weighted by molar-refractivity contribution is 6.35. The number of nitrogens with one attached hydrogen (secondary N) is 1. The Hall–Kier alpha value is -2.89. The number of pyridine rings is 1. The van der Waals surface area contributed by atoms with Gasteiger partial charge in [0.1, 0.15) is 0 Å². The van der Waals surface area contributed by atoms with Crippen LogP contribution in [0.4, 0.5) is 5.69 Å². The summed E-state index contributed by atoms with van der Waals surface area (Å²) in [6.07, 6.45) is 3.24. The fraction of sp³-hybridized carbons (Fsp3) is 0.0952. The predicted octanol–water partition coefficient (Wildman–Crippen LogP) is 5.35. The first-order valence-electron chi connectivity index (χ1n) is 8.64. The lowest BCUT2D eigenvalue weighted by atomic mass is 10.1. The number of carbonyl (C=O) groups excluding carboxylic acids is 1. The Labute approximate surface area is 171 Å². The minimum atomic E-state index is -0.287. The lowest BCUT2D eigenvalue weighted by molar-refractivity contribution is 0.102. The number of hydrogen-bond donors (Lipinski definition) is 1. The molecule has 0 bridgehead atoms. The first kappa shape index (κ1) is 18.5. The van der Waals surface area contributed by atoms with Crippen molar-refractivity contribution in [1.29, 1.82) is 0 Å². The van der Waals surface area contributed by atoms with Gasteiger partial charge in [0.05, 0.1) is 23.9 Å². The van der Waals surface area contributed by atoms with Crippen LogP contribution in [0.3, 0.4) is 0 Å². The van der Waals surface area contributed by atoms with Gasteiger partial charge in [-0.1, -0.05) is 47.5 Å². The standard InChI is InChI=1S/C21H16Cl2N4O/c1-13-4-2-6-17-19(21(28)25-16-5-3-9-24-11-16)26-27(20(13)17)12-14-7-8-15(22)10-18(14)23/h2-11H,12H2,1H3,(H,25,28). The van der Waals surface area contributed by atoms with Crippen LogP contribution < -0.4 is 5.32 Å². The third-order valence-electron chi connectivity index (χ3n) is 4.44. The molecular weight excluding hydrogens is 395 g/mol. The quantitative estimate of drug-likeness (QED) is 0.493. The zero-order valence-corrected chi connectivity index (χ0v) is 16.5. The molecular formula is C21H16Cl2N4O. The molecule has 28 heavy (non-hydrogen) atoms. The molecule has 0 radical (unpaired) electrons. The van der Waals surface area contributed by atoms with E-state index < -0.39 is 0 Å². The largest absolute Gasteiger partial charge is 0.319 e. The number of halogens is 2. The molecule has 0 saturated heterocycles. The number of aromatic nitrogens is 3. The van der Waals surface area contributed by atoms with Crippen LogP contribution >= 0.6 is 23.2 Å². The molecule has 4 aromatic rings. The number of benzene rings is 2. The summed E-state index contributed by atoms with van der Waals surface area (Å²) in [7, 11) is 0. The minimum absolute atomic E-state index is 0.287. The van der Waals surface area contributed by atoms with Gasteiger partial charge in [-0.15, -0.1) is 0 Å². The summed E-state index contributed by atoms with van der Waals surface area (Å²) in [6.45, 7) is 2.42. The second kappa shape index (κ2) is 7.62. The second-order valence-electron chi connectivity index (χ2n) is 6.41. The van der Waals surface area contributed by atoms with E-state index in [0.29, 0.717) is 28.0 Å². The highest BCUT2D eigenvalue weighted by atomic mass is 35.5. The average Bonchev–Trinajstić information content (AvgIpc) is 3.05. The van der Waals surface area contributed by atoms with Crippen LogP contribution in [0.15, 0.2) is 60.9 Å². The number of nitrogens with zero attached hydrogens (tertiary/aromatic N) is 3. The van der Waals surface area contributed by atoms with Crippen molar-refractivity contribution in [3.8, 4) is 0 Å². The number of amides is 1. The Bertz CT molecular complexity index is 1170. The molecule has 0 saturated carbocycles. The fourth-order valence-electron chi connectivity index (χ4n) is 3.14. The minimum Gasteiger partial charge on any atom is -0.319 e. The van der Waals surface area contributed by atoms with Crippen LogP contribution in [0.5, 0.6) is 0 Å². The van der Waals surface area contributed by atoms with Crippen molar-refractivity contribution in [3.63, 3.8) is 0 Å². The SMILES string of the molecule is Cc1cccc2c(C(=O)Nc3cccnc3)nn(Cc3ccc(Cl)cc3Cl)c12. The van der Waals surface area contributed by atoms with Gasteiger partial charge in [-0.25, -0.2) is 0 Å². The molecule has 2 heterocycles. The molecule has 0 unspecified atom stereocenters. The van der Waals surface area contributed by atoms with Crippen molar-refractivity contribution in [3.05, 3.63) is 87.8 Å². The van der Waals surface area contributed by atoms with Crippen LogP contribution in [0, 0.1) is 6.92 Å². The zero-order chi connectivity index (χ0) is 19.7. The molecule has 2 aromatic heterocycles. The molecule has 2 aromatic carbocycles. The van der Waals surface area contributed by atoms with E-state index in [-0.39, 0.29) is 5.91 Å². The number of anilines is 1. The van der Waals surface area contributed by atoms with E-state index in [1.165, 1.54) is 0 Å². The Morgan fingerprint density at radius 2 is 2.00 bits per heavy atom. The van der Waals surface area contributed by atoms with Gasteiger partial charge in [0, 0.05) is 21.6 Å². The fourth-order valence-corrected chi connectivity index (χ4v) is 3.61. The van der Waals surface area contributed by atoms with Crippen LogP contribution in [-0.2, 0) is 6.54 Å². The van der Waals surface area contributed by atoms with Crippen LogP contribution in [-0.4, -0.2) is 20.7 Å². The summed E-state index contributed by atoms with van der Waals surface area (Å²) >= 11 is 12.3. The highest BCUT2D eigenvalue weighted by Crippen LogP contribution is 2.26. The molecule has 0 fully saturated rings. The number of carbonyl (C=O) groups is 1. The average molecular weight is 411 g/mol. The van der Waals surface area contributed by atoms with Gasteiger partial charge in [-0.2, -0.15) is 5.10 Å². The highest BCUT2D eigenvalue weighted by Gasteiger charge is 2.19. The Morgan fingerprint density at radius 1 is 1.14 bits per heavy atom. The molecule has 7 heteroatoms. The smallest absolute Gasteiger partial charge is 0.276 e. The maximum Gasteiger partial charge on any atom is 0.276 e. The van der Waals surface area contributed by atoms with E-state index in [9.17, 15) is 4.79 Å². The molecule has 1 amide bonds. The van der Waals surface area contributed by atoms with E-state index >= 15 is 0 Å². The van der Waals surface area contributed by atoms with Gasteiger partial charge in [0.15, 0.2) is 5.69 Å². The summed E-state index contributed by atoms with van der Waals surface area (Å²) in [5.74, 6) is -0.287. The normalized spacial score (nSPS) is 11.0. The molecule has 0 aliphatic carbocycles. The lowest BCUT2D eigenvalue weighted by Gasteiger charge is -2.08. The van der Waals surface area contributed by atoms with Crippen molar-refractivity contribution in [2.75, 3.05) is 5.32 Å². The molecule has 1 N–H and O–H groups in total. The molecule has 140 valence electrons. The molecule has 0 atom stereocenters. The van der Waals surface area contributed by atoms with Crippen LogP contribution in [0.25, 0.3) is 10.9 Å². The summed E-state index contributed by atoms with van der Waals surface area (Å²) in [4.78, 5) is 16.9. The van der Waals surface area contributed by atoms with Crippen molar-refractivity contribution >= 4 is 45.7 Å². The number of hydrogen-bond acceptors (Lipinski definition) is 3. The molecule has 0 spiro atoms. The maximum atomic E-state index is 12.9. The predicted molar refractivity (Wildman–Crippen MR) is 112 cm³/mol. The van der Waals surface area contributed by atoms with Crippen molar-refractivity contribution in [2.24, 2.45) is 0 Å². The van der Waals surface area contributed by atoms with Crippen molar-refractivity contribution < 1.29 is 4.79 Å². The molecule has 0 aliphatic heterocycles. The summed E-state index contributed by atoms with van der Waals surface area (Å²) in [6, 6.07) is 14.7. The third kappa shape index (κ3) is 3.59. The first-order chi connectivity index (χ1) is 13.5. The summed E-state index contributed by atoms with van der Waals surface area (Å²) in [5, 5.41) is 9.36. The monoisotopic (exact) mass is 410 g/mol. The van der Waals surface area contributed by atoms with Gasteiger partial charge in [-0.05, 0) is 42.3 Å². The lowest BCUT2D eigenvalue weighted by Crippen LogP contribution is -2.14. The number of rotatable bonds is 4. The van der Waals surface area contributed by atoms with Crippen molar-refractivity contribution in [1.82, 2.24) is 14.8 Å². The Kier molecular flexibility index (Phi) is 5.03. The van der Waals surface area contributed by atoms with E-state index in [1.54, 1.807) is 41.3 Å². The Balaban J connectivity index is 1.76. The number of para-hydroxylation sites is 1. The summed E-state index contributed by atoms with van der Waals surface area (Å²) < 4.78 is 1.80. The molecule has 5 nitrogen and oxygen atoms in total. The summed E-state index contributed by atoms with van der Waals surface area (Å²) in [5.41, 5.74) is 3.76. The molecule has 4 rings (SSSR count). The number of fused-ring (bicyclic) bond motifs is 1. The van der Waals surface area contributed by atoms with E-state index in [4.69, 9.17) is 23.2 Å². The van der Waals surface area contributed by atoms with E-state index in [1.807, 2.05) is 31.2 Å². The Morgan fingerprint density at radius 3 is 2.75 bits per heavy atom. The van der Waals surface area contributed by atoms with Crippen molar-refractivity contribution in [2.45, 2.75) is 13.5 Å². The third-order valence-corrected chi connectivity index (χ3v) is 5.03. The van der Waals surface area contributed by atoms with Gasteiger partial charge < -0.3 is 5.32 Å². The first-order valence-corrected chi connectivity index (χ1v) is 9.40. The number of aryl methyl sites for hydroxylation is 1. The topological polar surface area (TPSA) is 59.8 Å². The van der Waals surface area contributed by atoms with Crippen LogP contribution in [0.2, 0.25) is 10.0 Å². The van der Waals surface area contributed by atoms with Gasteiger partial charge >= 0.3 is 0 Å². The van der Waals surface area contributed by atoms with Gasteiger partial charge in [0.25, 0.3) is 5.91 Å². The van der Waals surface area contributed by atoms with E-state index in [2.05, 4.69) is 15.4 Å². The molecule has 0 aliphatic rings. The van der Waals surface area contributed by atoms with Gasteiger partial charge in [-0.3, -0.25) is 14.5 Å². The zero-order valence-electron chi connectivity index (χ0n) is 15.0.